The van der Waals surface area contributed by atoms with Gasteiger partial charge in [-0.25, -0.2) is 9.37 Å². The average Bonchev–Trinajstić information content (AvgIpc) is 3.21. The van der Waals surface area contributed by atoms with Crippen molar-refractivity contribution in [2.45, 2.75) is 12.5 Å². The third kappa shape index (κ3) is 3.57. The number of carbonyl (C=O) groups excluding carboxylic acids is 1. The Hall–Kier alpha value is -3.09. The Morgan fingerprint density at radius 3 is 2.83 bits per heavy atom. The minimum Gasteiger partial charge on any atom is -0.506 e. The SMILES string of the molecule is O=C(/C=C(/O)C1=NC(Cc2ccc(F)cc2)C=C1)c1ncn[nH]1. The van der Waals surface area contributed by atoms with Gasteiger partial charge in [-0.1, -0.05) is 18.2 Å². The fourth-order valence-corrected chi connectivity index (χ4v) is 2.18. The number of allylic oxidation sites excluding steroid dienone is 2. The van der Waals surface area contributed by atoms with E-state index in [-0.39, 0.29) is 23.4 Å². The van der Waals surface area contributed by atoms with Crippen LogP contribution in [-0.4, -0.2) is 37.8 Å². The number of hydrogen-bond donors (Lipinski definition) is 2. The number of aliphatic hydroxyl groups is 1. The molecule has 1 unspecified atom stereocenters. The summed E-state index contributed by atoms with van der Waals surface area (Å²) in [5.74, 6) is -0.962. The molecule has 1 aliphatic heterocycles. The molecule has 0 saturated carbocycles. The molecule has 6 nitrogen and oxygen atoms in total. The Labute approximate surface area is 131 Å². The Bertz CT molecular complexity index is 792. The summed E-state index contributed by atoms with van der Waals surface area (Å²) < 4.78 is 12.9. The van der Waals surface area contributed by atoms with Crippen molar-refractivity contribution in [3.8, 4) is 0 Å². The molecule has 0 spiro atoms. The first-order valence-electron chi connectivity index (χ1n) is 6.93. The Morgan fingerprint density at radius 2 is 2.13 bits per heavy atom. The van der Waals surface area contributed by atoms with Crippen molar-refractivity contribution in [3.05, 3.63) is 71.8 Å². The summed E-state index contributed by atoms with van der Waals surface area (Å²) in [6, 6.07) is 6.02. The molecule has 2 N–H and O–H groups in total. The van der Waals surface area contributed by atoms with Crippen molar-refractivity contribution < 1.29 is 14.3 Å². The molecule has 0 amide bonds. The molecule has 0 bridgehead atoms. The molecule has 2 heterocycles. The Balaban J connectivity index is 1.68. The molecular formula is C16H13FN4O2. The van der Waals surface area contributed by atoms with E-state index < -0.39 is 5.78 Å². The Morgan fingerprint density at radius 1 is 1.35 bits per heavy atom. The highest BCUT2D eigenvalue weighted by molar-refractivity contribution is 6.13. The van der Waals surface area contributed by atoms with E-state index >= 15 is 0 Å². The van der Waals surface area contributed by atoms with Crippen LogP contribution in [0.5, 0.6) is 0 Å². The number of nitrogens with one attached hydrogen (secondary N) is 1. The normalized spacial score (nSPS) is 17.3. The second kappa shape index (κ2) is 6.35. The van der Waals surface area contributed by atoms with E-state index in [1.807, 2.05) is 6.08 Å². The third-order valence-electron chi connectivity index (χ3n) is 3.32. The van der Waals surface area contributed by atoms with E-state index in [1.54, 1.807) is 18.2 Å². The van der Waals surface area contributed by atoms with Crippen LogP contribution in [0.1, 0.15) is 16.2 Å². The van der Waals surface area contributed by atoms with Gasteiger partial charge in [0.1, 0.15) is 17.9 Å². The summed E-state index contributed by atoms with van der Waals surface area (Å²) in [5, 5.41) is 16.0. The van der Waals surface area contributed by atoms with Gasteiger partial charge in [0.05, 0.1) is 11.8 Å². The highest BCUT2D eigenvalue weighted by atomic mass is 19.1. The minimum atomic E-state index is -0.488. The maximum Gasteiger partial charge on any atom is 0.226 e. The number of aromatic amines is 1. The van der Waals surface area contributed by atoms with E-state index in [4.69, 9.17) is 0 Å². The fourth-order valence-electron chi connectivity index (χ4n) is 2.18. The number of aliphatic hydroxyl groups excluding tert-OH is 1. The topological polar surface area (TPSA) is 91.2 Å². The average molecular weight is 312 g/mol. The fraction of sp³-hybridized carbons (Fsp3) is 0.125. The molecule has 0 fully saturated rings. The predicted molar refractivity (Wildman–Crippen MR) is 81.9 cm³/mol. The lowest BCUT2D eigenvalue weighted by Crippen LogP contribution is -2.06. The maximum absolute atomic E-state index is 12.9. The Kier molecular flexibility index (Phi) is 4.09. The van der Waals surface area contributed by atoms with Gasteiger partial charge in [-0.2, -0.15) is 5.10 Å². The van der Waals surface area contributed by atoms with Crippen molar-refractivity contribution >= 4 is 11.5 Å². The number of ketones is 1. The first-order valence-corrected chi connectivity index (χ1v) is 6.93. The van der Waals surface area contributed by atoms with E-state index in [9.17, 15) is 14.3 Å². The van der Waals surface area contributed by atoms with Gasteiger partial charge >= 0.3 is 0 Å². The predicted octanol–water partition coefficient (Wildman–Crippen LogP) is 2.19. The van der Waals surface area contributed by atoms with Gasteiger partial charge in [0, 0.05) is 6.08 Å². The summed E-state index contributed by atoms with van der Waals surface area (Å²) in [7, 11) is 0. The summed E-state index contributed by atoms with van der Waals surface area (Å²) in [6.45, 7) is 0. The molecule has 1 aliphatic rings. The van der Waals surface area contributed by atoms with Crippen molar-refractivity contribution in [3.63, 3.8) is 0 Å². The summed E-state index contributed by atoms with van der Waals surface area (Å²) in [4.78, 5) is 19.8. The van der Waals surface area contributed by atoms with Crippen LogP contribution < -0.4 is 0 Å². The molecular weight excluding hydrogens is 299 g/mol. The molecule has 0 aliphatic carbocycles. The van der Waals surface area contributed by atoms with Gasteiger partial charge in [0.25, 0.3) is 0 Å². The zero-order valence-corrected chi connectivity index (χ0v) is 12.0. The van der Waals surface area contributed by atoms with Crippen LogP contribution in [0.2, 0.25) is 0 Å². The first-order chi connectivity index (χ1) is 11.1. The standard InChI is InChI=1S/C16H13FN4O2/c17-11-3-1-10(2-4-11)7-12-5-6-13(20-12)14(22)8-15(23)16-18-9-19-21-16/h1-6,8-9,12,22H,7H2,(H,18,19,21)/b14-8+. The highest BCUT2D eigenvalue weighted by Gasteiger charge is 2.16. The lowest BCUT2D eigenvalue weighted by atomic mass is 10.1. The molecule has 1 aromatic heterocycles. The van der Waals surface area contributed by atoms with E-state index in [2.05, 4.69) is 20.2 Å². The molecule has 0 saturated heterocycles. The van der Waals surface area contributed by atoms with Crippen LogP contribution in [0.3, 0.4) is 0 Å². The lowest BCUT2D eigenvalue weighted by Gasteiger charge is -2.05. The van der Waals surface area contributed by atoms with Gasteiger partial charge < -0.3 is 5.11 Å². The number of benzene rings is 1. The summed E-state index contributed by atoms with van der Waals surface area (Å²) >= 11 is 0. The van der Waals surface area contributed by atoms with Gasteiger partial charge in [0.15, 0.2) is 5.82 Å². The molecule has 23 heavy (non-hydrogen) atoms. The number of halogens is 1. The molecule has 2 aromatic rings. The van der Waals surface area contributed by atoms with E-state index in [1.165, 1.54) is 18.5 Å². The van der Waals surface area contributed by atoms with Gasteiger partial charge in [-0.3, -0.25) is 14.9 Å². The maximum atomic E-state index is 12.9. The molecule has 116 valence electrons. The van der Waals surface area contributed by atoms with Gasteiger partial charge in [-0.05, 0) is 30.2 Å². The monoisotopic (exact) mass is 312 g/mol. The van der Waals surface area contributed by atoms with Crippen LogP contribution >= 0.6 is 0 Å². The number of hydrogen-bond acceptors (Lipinski definition) is 5. The number of rotatable bonds is 5. The molecule has 1 atom stereocenters. The zero-order valence-electron chi connectivity index (χ0n) is 12.0. The minimum absolute atomic E-state index is 0.0435. The van der Waals surface area contributed by atoms with Crippen molar-refractivity contribution in [2.75, 3.05) is 0 Å². The van der Waals surface area contributed by atoms with E-state index in [0.29, 0.717) is 12.1 Å². The number of H-pyrrole nitrogens is 1. The van der Waals surface area contributed by atoms with Gasteiger partial charge in [0.2, 0.25) is 5.78 Å². The molecule has 7 heteroatoms. The van der Waals surface area contributed by atoms with Crippen LogP contribution in [0, 0.1) is 5.82 Å². The lowest BCUT2D eigenvalue weighted by molar-refractivity contribution is 0.103. The van der Waals surface area contributed by atoms with Crippen molar-refractivity contribution in [1.82, 2.24) is 15.2 Å². The highest BCUT2D eigenvalue weighted by Crippen LogP contribution is 2.15. The van der Waals surface area contributed by atoms with Crippen LogP contribution in [0.4, 0.5) is 4.39 Å². The van der Waals surface area contributed by atoms with Crippen LogP contribution in [0.25, 0.3) is 0 Å². The number of aromatic nitrogens is 3. The summed E-state index contributed by atoms with van der Waals surface area (Å²) in [6.07, 6.45) is 6.31. The van der Waals surface area contributed by atoms with E-state index in [0.717, 1.165) is 11.6 Å². The molecule has 3 rings (SSSR count). The quantitative estimate of drug-likeness (QED) is 0.503. The second-order valence-electron chi connectivity index (χ2n) is 5.00. The zero-order chi connectivity index (χ0) is 16.2. The van der Waals surface area contributed by atoms with Crippen molar-refractivity contribution in [2.24, 2.45) is 4.99 Å². The summed E-state index contributed by atoms with van der Waals surface area (Å²) in [5.41, 5.74) is 1.26. The largest absolute Gasteiger partial charge is 0.506 e. The first kappa shape index (κ1) is 14.8. The third-order valence-corrected chi connectivity index (χ3v) is 3.32. The smallest absolute Gasteiger partial charge is 0.226 e. The molecule has 0 radical (unpaired) electrons. The van der Waals surface area contributed by atoms with Crippen molar-refractivity contribution in [1.29, 1.82) is 0 Å². The van der Waals surface area contributed by atoms with Crippen LogP contribution in [-0.2, 0) is 6.42 Å². The number of carbonyl (C=O) groups is 1. The van der Waals surface area contributed by atoms with Gasteiger partial charge in [-0.15, -0.1) is 0 Å². The second-order valence-corrected chi connectivity index (χ2v) is 5.00. The molecule has 1 aromatic carbocycles. The number of nitrogens with zero attached hydrogens (tertiary/aromatic N) is 3. The number of aliphatic imine (C=N–C) groups is 1. The van der Waals surface area contributed by atoms with Crippen LogP contribution in [0.15, 0.2) is 59.6 Å².